The van der Waals surface area contributed by atoms with Crippen LogP contribution in [0.4, 0.5) is 0 Å². The van der Waals surface area contributed by atoms with Gasteiger partial charge < -0.3 is 5.32 Å². The number of hydrogen-bond donors (Lipinski definition) is 1. The Labute approximate surface area is 178 Å². The fourth-order valence-electron chi connectivity index (χ4n) is 3.37. The molecular weight excluding hydrogens is 438 g/mol. The molecule has 1 unspecified atom stereocenters. The lowest BCUT2D eigenvalue weighted by Gasteiger charge is -2.16. The van der Waals surface area contributed by atoms with Crippen LogP contribution in [0.15, 0.2) is 44.3 Å². The van der Waals surface area contributed by atoms with Gasteiger partial charge >= 0.3 is 0 Å². The Morgan fingerprint density at radius 2 is 2.21 bits per heavy atom. The molecule has 7 heteroatoms. The summed E-state index contributed by atoms with van der Waals surface area (Å²) in [6, 6.07) is 5.49. The predicted molar refractivity (Wildman–Crippen MR) is 119 cm³/mol. The third-order valence-corrected chi connectivity index (χ3v) is 6.56. The van der Waals surface area contributed by atoms with Crippen LogP contribution in [0.2, 0.25) is 0 Å². The number of aromatic nitrogens is 2. The van der Waals surface area contributed by atoms with Crippen LogP contribution < -0.4 is 10.9 Å². The molecule has 0 aliphatic heterocycles. The number of fused-ring (bicyclic) bond motifs is 1. The molecule has 1 aromatic heterocycles. The second-order valence-electron chi connectivity index (χ2n) is 7.01. The third-order valence-electron chi connectivity index (χ3n) is 4.98. The Balaban J connectivity index is 1.68. The van der Waals surface area contributed by atoms with Crippen LogP contribution in [0.25, 0.3) is 10.9 Å². The summed E-state index contributed by atoms with van der Waals surface area (Å²) in [5, 5.41) is 3.87. The Bertz CT molecular complexity index is 955. The van der Waals surface area contributed by atoms with E-state index in [1.807, 2.05) is 26.0 Å². The molecule has 1 aliphatic rings. The number of nitrogens with one attached hydrogen (secondary N) is 1. The van der Waals surface area contributed by atoms with E-state index in [-0.39, 0.29) is 16.7 Å². The molecule has 0 radical (unpaired) electrons. The topological polar surface area (TPSA) is 64.0 Å². The van der Waals surface area contributed by atoms with E-state index in [9.17, 15) is 9.59 Å². The average Bonchev–Trinajstić information content (AvgIpc) is 2.69. The maximum absolute atomic E-state index is 12.8. The van der Waals surface area contributed by atoms with Crippen molar-refractivity contribution in [3.8, 4) is 0 Å². The SMILES string of the molecule is CCn1c(SC(C)C(=O)NCCC2=CCCCC2)nc2ccc(Br)cc2c1=O. The predicted octanol–water partition coefficient (Wildman–Crippen LogP) is 4.67. The van der Waals surface area contributed by atoms with Gasteiger partial charge in [-0.3, -0.25) is 14.2 Å². The Morgan fingerprint density at radius 1 is 1.39 bits per heavy atom. The molecule has 1 amide bonds. The molecule has 0 saturated heterocycles. The summed E-state index contributed by atoms with van der Waals surface area (Å²) in [5.41, 5.74) is 2.03. The number of benzene rings is 1. The van der Waals surface area contributed by atoms with Crippen LogP contribution in [-0.2, 0) is 11.3 Å². The minimum absolute atomic E-state index is 0.0192. The highest BCUT2D eigenvalue weighted by atomic mass is 79.9. The van der Waals surface area contributed by atoms with Crippen molar-refractivity contribution in [2.75, 3.05) is 6.54 Å². The number of rotatable bonds is 7. The van der Waals surface area contributed by atoms with Gasteiger partial charge in [0.15, 0.2) is 5.16 Å². The highest BCUT2D eigenvalue weighted by Gasteiger charge is 2.19. The van der Waals surface area contributed by atoms with Gasteiger partial charge in [0.1, 0.15) is 0 Å². The Kier molecular flexibility index (Phi) is 7.35. The van der Waals surface area contributed by atoms with E-state index in [4.69, 9.17) is 0 Å². The van der Waals surface area contributed by atoms with Crippen LogP contribution in [0, 0.1) is 0 Å². The normalized spacial score (nSPS) is 15.3. The van der Waals surface area contributed by atoms with E-state index in [1.165, 1.54) is 30.2 Å². The zero-order valence-electron chi connectivity index (χ0n) is 16.3. The van der Waals surface area contributed by atoms with Crippen LogP contribution in [-0.4, -0.2) is 27.3 Å². The van der Waals surface area contributed by atoms with Crippen molar-refractivity contribution in [2.45, 2.75) is 62.9 Å². The van der Waals surface area contributed by atoms with Crippen molar-refractivity contribution < 1.29 is 4.79 Å². The second-order valence-corrected chi connectivity index (χ2v) is 9.24. The Morgan fingerprint density at radius 3 is 2.93 bits per heavy atom. The fourth-order valence-corrected chi connectivity index (χ4v) is 4.73. The van der Waals surface area contributed by atoms with E-state index in [1.54, 1.807) is 10.6 Å². The first-order valence-electron chi connectivity index (χ1n) is 9.82. The summed E-state index contributed by atoms with van der Waals surface area (Å²) in [7, 11) is 0. The molecule has 1 aromatic carbocycles. The molecule has 5 nitrogen and oxygen atoms in total. The summed E-state index contributed by atoms with van der Waals surface area (Å²) < 4.78 is 2.48. The molecule has 1 heterocycles. The van der Waals surface area contributed by atoms with Gasteiger partial charge in [0.2, 0.25) is 5.91 Å². The van der Waals surface area contributed by atoms with Crippen molar-refractivity contribution in [1.29, 1.82) is 0 Å². The molecule has 1 aliphatic carbocycles. The lowest BCUT2D eigenvalue weighted by atomic mass is 9.97. The summed E-state index contributed by atoms with van der Waals surface area (Å²) in [4.78, 5) is 30.0. The monoisotopic (exact) mass is 463 g/mol. The fraction of sp³-hybridized carbons (Fsp3) is 0.476. The van der Waals surface area contributed by atoms with Crippen LogP contribution in [0.1, 0.15) is 46.0 Å². The molecule has 28 heavy (non-hydrogen) atoms. The number of hydrogen-bond acceptors (Lipinski definition) is 4. The summed E-state index contributed by atoms with van der Waals surface area (Å²) >= 11 is 4.74. The van der Waals surface area contributed by atoms with Crippen molar-refractivity contribution >= 4 is 44.5 Å². The van der Waals surface area contributed by atoms with Gasteiger partial charge in [0.25, 0.3) is 5.56 Å². The average molecular weight is 464 g/mol. The number of halogens is 1. The number of allylic oxidation sites excluding steroid dienone is 1. The first-order valence-corrected chi connectivity index (χ1v) is 11.5. The molecule has 0 saturated carbocycles. The van der Waals surface area contributed by atoms with Crippen molar-refractivity contribution in [1.82, 2.24) is 14.9 Å². The quantitative estimate of drug-likeness (QED) is 0.368. The molecular formula is C21H26BrN3O2S. The van der Waals surface area contributed by atoms with Gasteiger partial charge in [-0.15, -0.1) is 0 Å². The number of carbonyl (C=O) groups excluding carboxylic acids is 1. The van der Waals surface area contributed by atoms with Crippen LogP contribution >= 0.6 is 27.7 Å². The number of nitrogens with zero attached hydrogens (tertiary/aromatic N) is 2. The van der Waals surface area contributed by atoms with Crippen molar-refractivity contribution in [2.24, 2.45) is 0 Å². The zero-order valence-corrected chi connectivity index (χ0v) is 18.7. The molecule has 3 rings (SSSR count). The van der Waals surface area contributed by atoms with Gasteiger partial charge in [-0.1, -0.05) is 39.3 Å². The first-order chi connectivity index (χ1) is 13.5. The largest absolute Gasteiger partial charge is 0.355 e. The van der Waals surface area contributed by atoms with E-state index >= 15 is 0 Å². The smallest absolute Gasteiger partial charge is 0.262 e. The third kappa shape index (κ3) is 5.06. The molecule has 0 fully saturated rings. The molecule has 0 bridgehead atoms. The maximum atomic E-state index is 12.8. The highest BCUT2D eigenvalue weighted by Crippen LogP contribution is 2.24. The van der Waals surface area contributed by atoms with Gasteiger partial charge in [-0.25, -0.2) is 4.98 Å². The minimum atomic E-state index is -0.321. The van der Waals surface area contributed by atoms with E-state index in [0.29, 0.717) is 29.1 Å². The highest BCUT2D eigenvalue weighted by molar-refractivity contribution is 9.10. The number of thioether (sulfide) groups is 1. The molecule has 2 aromatic rings. The van der Waals surface area contributed by atoms with Gasteiger partial charge in [0.05, 0.1) is 16.2 Å². The lowest BCUT2D eigenvalue weighted by molar-refractivity contribution is -0.120. The minimum Gasteiger partial charge on any atom is -0.355 e. The van der Waals surface area contributed by atoms with Crippen LogP contribution in [0.5, 0.6) is 0 Å². The summed E-state index contributed by atoms with van der Waals surface area (Å²) in [6.07, 6.45) is 8.08. The lowest BCUT2D eigenvalue weighted by Crippen LogP contribution is -2.33. The summed E-state index contributed by atoms with van der Waals surface area (Å²) in [6.45, 7) is 4.95. The van der Waals surface area contributed by atoms with E-state index in [0.717, 1.165) is 23.7 Å². The van der Waals surface area contributed by atoms with Gasteiger partial charge in [0, 0.05) is 17.6 Å². The van der Waals surface area contributed by atoms with Gasteiger partial charge in [-0.2, -0.15) is 0 Å². The van der Waals surface area contributed by atoms with Crippen molar-refractivity contribution in [3.63, 3.8) is 0 Å². The summed E-state index contributed by atoms with van der Waals surface area (Å²) in [5.74, 6) is -0.0192. The second kappa shape index (κ2) is 9.74. The first kappa shape index (κ1) is 21.1. The zero-order chi connectivity index (χ0) is 20.1. The molecule has 0 spiro atoms. The van der Waals surface area contributed by atoms with Gasteiger partial charge in [-0.05, 0) is 64.2 Å². The standard InChI is InChI=1S/C21H26BrN3O2S/c1-3-25-20(27)17-13-16(22)9-10-18(17)24-21(25)28-14(2)19(26)23-12-11-15-7-5-4-6-8-15/h7,9-10,13-14H,3-6,8,11-12H2,1-2H3,(H,23,26). The van der Waals surface area contributed by atoms with Crippen molar-refractivity contribution in [3.05, 3.63) is 44.7 Å². The number of amides is 1. The van der Waals surface area contributed by atoms with E-state index < -0.39 is 0 Å². The molecule has 1 atom stereocenters. The number of carbonyl (C=O) groups is 1. The van der Waals surface area contributed by atoms with Crippen LogP contribution in [0.3, 0.4) is 0 Å². The molecule has 1 N–H and O–H groups in total. The maximum Gasteiger partial charge on any atom is 0.262 e. The van der Waals surface area contributed by atoms with E-state index in [2.05, 4.69) is 32.3 Å². The molecule has 150 valence electrons. The Hall–Kier alpha value is -1.60.